The zero-order valence-electron chi connectivity index (χ0n) is 18.9. The van der Waals surface area contributed by atoms with E-state index in [0.717, 1.165) is 42.6 Å². The molecule has 4 saturated carbocycles. The van der Waals surface area contributed by atoms with E-state index >= 15 is 0 Å². The fraction of sp³-hybridized carbons (Fsp3) is 0.769. The Labute approximate surface area is 183 Å². The molecule has 1 aromatic carbocycles. The van der Waals surface area contributed by atoms with Crippen LogP contribution in [0.4, 0.5) is 0 Å². The summed E-state index contributed by atoms with van der Waals surface area (Å²) in [6.45, 7) is 6.91. The van der Waals surface area contributed by atoms with Crippen LogP contribution in [0.15, 0.2) is 29.2 Å². The van der Waals surface area contributed by atoms with Crippen molar-refractivity contribution in [2.45, 2.75) is 96.0 Å². The highest BCUT2D eigenvalue weighted by Crippen LogP contribution is 2.66. The lowest BCUT2D eigenvalue weighted by molar-refractivity contribution is -0.117. The van der Waals surface area contributed by atoms with Gasteiger partial charge in [0.2, 0.25) is 0 Å². The summed E-state index contributed by atoms with van der Waals surface area (Å²) in [5, 5.41) is 0. The molecule has 0 aliphatic heterocycles. The maximum Gasteiger partial charge on any atom is 0.297 e. The molecule has 5 rings (SSSR count). The highest BCUT2D eigenvalue weighted by atomic mass is 32.2. The molecular formula is C26H38O3S. The lowest BCUT2D eigenvalue weighted by Gasteiger charge is -2.60. The summed E-state index contributed by atoms with van der Waals surface area (Å²) < 4.78 is 32.0. The standard InChI is InChI=1S/C26H38O3S/c1-18-7-10-20(11-8-18)30(27,28)29-24-14-13-22-21-12-9-19-6-4-5-16-25(19,2)23(21)15-17-26(22,24)3/h7-8,10-11,19,21-24H,4-6,9,12-17H2,1-3H3. The van der Waals surface area contributed by atoms with Gasteiger partial charge in [-0.15, -0.1) is 0 Å². The maximum atomic E-state index is 13.0. The highest BCUT2D eigenvalue weighted by Gasteiger charge is 2.60. The number of aryl methyl sites for hydroxylation is 1. The number of rotatable bonds is 3. The third-order valence-electron chi connectivity index (χ3n) is 10.0. The van der Waals surface area contributed by atoms with E-state index in [0.29, 0.717) is 16.2 Å². The van der Waals surface area contributed by atoms with Gasteiger partial charge in [0.15, 0.2) is 0 Å². The molecule has 7 atom stereocenters. The minimum absolute atomic E-state index is 0.00318. The average molecular weight is 431 g/mol. The van der Waals surface area contributed by atoms with E-state index in [1.54, 1.807) is 12.1 Å². The van der Waals surface area contributed by atoms with Gasteiger partial charge in [0.05, 0.1) is 11.0 Å². The van der Waals surface area contributed by atoms with E-state index in [1.165, 1.54) is 44.9 Å². The number of benzene rings is 1. The van der Waals surface area contributed by atoms with Gasteiger partial charge >= 0.3 is 0 Å². The van der Waals surface area contributed by atoms with Crippen molar-refractivity contribution in [3.63, 3.8) is 0 Å². The zero-order valence-corrected chi connectivity index (χ0v) is 19.7. The molecule has 0 spiro atoms. The van der Waals surface area contributed by atoms with Crippen LogP contribution in [0.25, 0.3) is 0 Å². The first-order chi connectivity index (χ1) is 14.2. The van der Waals surface area contributed by atoms with Crippen molar-refractivity contribution >= 4 is 10.1 Å². The Morgan fingerprint density at radius 1 is 0.833 bits per heavy atom. The number of hydrogen-bond donors (Lipinski definition) is 0. The first kappa shape index (κ1) is 21.0. The summed E-state index contributed by atoms with van der Waals surface area (Å²) in [7, 11) is -3.71. The lowest BCUT2D eigenvalue weighted by Crippen LogP contribution is -2.53. The second-order valence-corrected chi connectivity index (χ2v) is 12.9. The summed E-state index contributed by atoms with van der Waals surface area (Å²) in [5.41, 5.74) is 1.58. The predicted molar refractivity (Wildman–Crippen MR) is 120 cm³/mol. The largest absolute Gasteiger partial charge is 0.297 e. The third-order valence-corrected chi connectivity index (χ3v) is 11.4. The normalized spacial score (nSPS) is 43.5. The molecule has 4 heteroatoms. The molecule has 0 heterocycles. The van der Waals surface area contributed by atoms with Gasteiger partial charge in [-0.1, -0.05) is 44.4 Å². The molecule has 4 fully saturated rings. The maximum absolute atomic E-state index is 13.0. The molecule has 0 aromatic heterocycles. The molecule has 4 aliphatic rings. The first-order valence-electron chi connectivity index (χ1n) is 12.2. The molecule has 3 nitrogen and oxygen atoms in total. The Morgan fingerprint density at radius 3 is 2.33 bits per heavy atom. The van der Waals surface area contributed by atoms with Gasteiger partial charge in [0.1, 0.15) is 0 Å². The topological polar surface area (TPSA) is 43.4 Å². The van der Waals surface area contributed by atoms with Crippen LogP contribution in [-0.2, 0) is 14.3 Å². The van der Waals surface area contributed by atoms with Crippen LogP contribution in [0.3, 0.4) is 0 Å². The molecule has 166 valence electrons. The van der Waals surface area contributed by atoms with E-state index in [-0.39, 0.29) is 11.5 Å². The van der Waals surface area contributed by atoms with Crippen LogP contribution in [0.5, 0.6) is 0 Å². The second kappa shape index (κ2) is 7.33. The molecule has 0 N–H and O–H groups in total. The van der Waals surface area contributed by atoms with E-state index in [1.807, 2.05) is 19.1 Å². The van der Waals surface area contributed by atoms with Crippen molar-refractivity contribution in [3.05, 3.63) is 29.8 Å². The smallest absolute Gasteiger partial charge is 0.262 e. The summed E-state index contributed by atoms with van der Waals surface area (Å²) in [6, 6.07) is 7.07. The molecule has 0 saturated heterocycles. The quantitative estimate of drug-likeness (QED) is 0.514. The van der Waals surface area contributed by atoms with Crippen molar-refractivity contribution in [3.8, 4) is 0 Å². The molecule has 0 amide bonds. The van der Waals surface area contributed by atoms with Crippen LogP contribution in [-0.4, -0.2) is 14.5 Å². The Hall–Kier alpha value is -0.870. The number of hydrogen-bond acceptors (Lipinski definition) is 3. The number of fused-ring (bicyclic) bond motifs is 5. The Morgan fingerprint density at radius 2 is 1.57 bits per heavy atom. The van der Waals surface area contributed by atoms with E-state index in [4.69, 9.17) is 4.18 Å². The van der Waals surface area contributed by atoms with Crippen molar-refractivity contribution < 1.29 is 12.6 Å². The third kappa shape index (κ3) is 3.20. The average Bonchev–Trinajstić information content (AvgIpc) is 3.03. The van der Waals surface area contributed by atoms with Crippen molar-refractivity contribution in [2.24, 2.45) is 34.5 Å². The molecule has 7 unspecified atom stereocenters. The van der Waals surface area contributed by atoms with Gasteiger partial charge in [-0.05, 0) is 105 Å². The Balaban J connectivity index is 1.37. The van der Waals surface area contributed by atoms with Crippen molar-refractivity contribution in [1.29, 1.82) is 0 Å². The van der Waals surface area contributed by atoms with Crippen LogP contribution >= 0.6 is 0 Å². The van der Waals surface area contributed by atoms with E-state index < -0.39 is 10.1 Å². The fourth-order valence-electron chi connectivity index (χ4n) is 8.32. The lowest BCUT2D eigenvalue weighted by atomic mass is 9.45. The van der Waals surface area contributed by atoms with Crippen molar-refractivity contribution in [2.75, 3.05) is 0 Å². The van der Waals surface area contributed by atoms with Crippen LogP contribution in [0.2, 0.25) is 0 Å². The minimum Gasteiger partial charge on any atom is -0.262 e. The summed E-state index contributed by atoms with van der Waals surface area (Å²) in [6.07, 6.45) is 12.6. The minimum atomic E-state index is -3.71. The molecule has 0 radical (unpaired) electrons. The van der Waals surface area contributed by atoms with Gasteiger partial charge in [-0.25, -0.2) is 0 Å². The predicted octanol–water partition coefficient (Wildman–Crippen LogP) is 6.50. The first-order valence-corrected chi connectivity index (χ1v) is 13.6. The SMILES string of the molecule is Cc1ccc(S(=O)(=O)OC2CCC3C4CCC5CCCCC5(C)C4CCC23C)cc1. The Bertz CT molecular complexity index is 891. The summed E-state index contributed by atoms with van der Waals surface area (Å²) in [4.78, 5) is 0.295. The van der Waals surface area contributed by atoms with Gasteiger partial charge < -0.3 is 0 Å². The highest BCUT2D eigenvalue weighted by molar-refractivity contribution is 7.86. The van der Waals surface area contributed by atoms with Crippen LogP contribution in [0, 0.1) is 41.4 Å². The molecule has 1 aromatic rings. The monoisotopic (exact) mass is 430 g/mol. The van der Waals surface area contributed by atoms with E-state index in [9.17, 15) is 8.42 Å². The molecule has 30 heavy (non-hydrogen) atoms. The van der Waals surface area contributed by atoms with Gasteiger partial charge in [-0.2, -0.15) is 8.42 Å². The zero-order chi connectivity index (χ0) is 21.1. The van der Waals surface area contributed by atoms with Gasteiger partial charge in [-0.3, -0.25) is 4.18 Å². The van der Waals surface area contributed by atoms with Crippen LogP contribution < -0.4 is 0 Å². The Kier molecular flexibility index (Phi) is 5.13. The summed E-state index contributed by atoms with van der Waals surface area (Å²) >= 11 is 0. The van der Waals surface area contributed by atoms with Crippen molar-refractivity contribution in [1.82, 2.24) is 0 Å². The van der Waals surface area contributed by atoms with E-state index in [2.05, 4.69) is 13.8 Å². The summed E-state index contributed by atoms with van der Waals surface area (Å²) in [5.74, 6) is 3.14. The van der Waals surface area contributed by atoms with Gasteiger partial charge in [0.25, 0.3) is 10.1 Å². The van der Waals surface area contributed by atoms with Gasteiger partial charge in [0, 0.05) is 0 Å². The molecule has 4 aliphatic carbocycles. The molecular weight excluding hydrogens is 392 g/mol. The molecule has 0 bridgehead atoms. The fourth-order valence-corrected chi connectivity index (χ4v) is 9.52. The second-order valence-electron chi connectivity index (χ2n) is 11.4. The van der Waals surface area contributed by atoms with Crippen LogP contribution in [0.1, 0.15) is 83.6 Å².